The van der Waals surface area contributed by atoms with Crippen LogP contribution in [0.15, 0.2) is 12.1 Å². The summed E-state index contributed by atoms with van der Waals surface area (Å²) in [5.74, 6) is 0.474. The zero-order valence-electron chi connectivity index (χ0n) is 14.0. The first-order valence-corrected chi connectivity index (χ1v) is 8.38. The summed E-state index contributed by atoms with van der Waals surface area (Å²) in [5.41, 5.74) is 1.37. The number of ether oxygens (including phenoxy) is 1. The number of benzene rings is 1. The average Bonchev–Trinajstić information content (AvgIpc) is 2.62. The van der Waals surface area contributed by atoms with Gasteiger partial charge in [-0.3, -0.25) is 4.90 Å². The molecule has 1 unspecified atom stereocenters. The van der Waals surface area contributed by atoms with Gasteiger partial charge in [0.15, 0.2) is 5.82 Å². The maximum Gasteiger partial charge on any atom is 0.156 e. The molecule has 24 heavy (non-hydrogen) atoms. The van der Waals surface area contributed by atoms with Crippen LogP contribution in [-0.2, 0) is 4.74 Å². The molecule has 2 saturated heterocycles. The molecule has 1 N–H and O–H groups in total. The lowest BCUT2D eigenvalue weighted by atomic mass is 10.1. The highest BCUT2D eigenvalue weighted by atomic mass is 19.1. The van der Waals surface area contributed by atoms with Crippen molar-refractivity contribution in [2.45, 2.75) is 13.0 Å². The van der Waals surface area contributed by atoms with Crippen LogP contribution in [0.3, 0.4) is 0 Å². The number of halogens is 1. The molecule has 2 aliphatic rings. The first-order chi connectivity index (χ1) is 11.7. The van der Waals surface area contributed by atoms with Crippen LogP contribution in [0.2, 0.25) is 0 Å². The summed E-state index contributed by atoms with van der Waals surface area (Å²) in [6.45, 7) is 6.89. The second-order valence-electron chi connectivity index (χ2n) is 6.44. The Hall–Kier alpha value is -1.99. The topological polar surface area (TPSA) is 53.5 Å². The molecule has 4 rings (SSSR count). The van der Waals surface area contributed by atoms with E-state index in [0.29, 0.717) is 17.5 Å². The highest BCUT2D eigenvalue weighted by Crippen LogP contribution is 2.31. The molecule has 0 saturated carbocycles. The molecule has 1 atom stereocenters. The minimum Gasteiger partial charge on any atom is -0.378 e. The number of aromatic nitrogens is 2. The molecule has 0 amide bonds. The molecule has 2 aromatic rings. The van der Waals surface area contributed by atoms with Crippen molar-refractivity contribution in [2.24, 2.45) is 0 Å². The fourth-order valence-electron chi connectivity index (χ4n) is 3.68. The van der Waals surface area contributed by atoms with Gasteiger partial charge in [0, 0.05) is 44.0 Å². The molecular formula is C17H22FN5O. The Bertz CT molecular complexity index is 768. The Kier molecular flexibility index (Phi) is 3.97. The second-order valence-corrected chi connectivity index (χ2v) is 6.44. The molecule has 128 valence electrons. The van der Waals surface area contributed by atoms with E-state index in [9.17, 15) is 4.39 Å². The van der Waals surface area contributed by atoms with Gasteiger partial charge in [-0.05, 0) is 19.1 Å². The van der Waals surface area contributed by atoms with Crippen molar-refractivity contribution in [1.82, 2.24) is 15.1 Å². The van der Waals surface area contributed by atoms with Crippen LogP contribution < -0.4 is 10.2 Å². The third kappa shape index (κ3) is 2.57. The molecule has 3 heterocycles. The van der Waals surface area contributed by atoms with Crippen LogP contribution in [0.4, 0.5) is 15.9 Å². The number of morpholine rings is 1. The fourth-order valence-corrected chi connectivity index (χ4v) is 3.68. The zero-order valence-corrected chi connectivity index (χ0v) is 14.0. The van der Waals surface area contributed by atoms with Crippen molar-refractivity contribution in [3.8, 4) is 0 Å². The number of hydrogen-bond acceptors (Lipinski definition) is 6. The highest BCUT2D eigenvalue weighted by molar-refractivity contribution is 5.95. The van der Waals surface area contributed by atoms with Gasteiger partial charge in [0.25, 0.3) is 0 Å². The lowest BCUT2D eigenvalue weighted by Crippen LogP contribution is -2.58. The van der Waals surface area contributed by atoms with E-state index in [1.165, 1.54) is 0 Å². The number of fused-ring (bicyclic) bond motifs is 2. The minimum absolute atomic E-state index is 0.203. The normalized spacial score (nSPS) is 21.8. The van der Waals surface area contributed by atoms with Gasteiger partial charge in [0.05, 0.1) is 30.6 Å². The summed E-state index contributed by atoms with van der Waals surface area (Å²) < 4.78 is 20.4. The third-order valence-electron chi connectivity index (χ3n) is 5.05. The molecule has 0 spiro atoms. The van der Waals surface area contributed by atoms with E-state index < -0.39 is 0 Å². The average molecular weight is 331 g/mol. The van der Waals surface area contributed by atoms with E-state index in [1.54, 1.807) is 13.1 Å². The molecule has 2 aliphatic heterocycles. The monoisotopic (exact) mass is 331 g/mol. The van der Waals surface area contributed by atoms with Gasteiger partial charge < -0.3 is 15.0 Å². The van der Waals surface area contributed by atoms with Gasteiger partial charge in [-0.1, -0.05) is 0 Å². The van der Waals surface area contributed by atoms with E-state index >= 15 is 0 Å². The van der Waals surface area contributed by atoms with Crippen LogP contribution in [0, 0.1) is 12.7 Å². The molecule has 0 bridgehead atoms. The Morgan fingerprint density at radius 3 is 2.92 bits per heavy atom. The van der Waals surface area contributed by atoms with E-state index in [2.05, 4.69) is 25.3 Å². The first-order valence-electron chi connectivity index (χ1n) is 8.38. The van der Waals surface area contributed by atoms with Crippen molar-refractivity contribution < 1.29 is 9.13 Å². The summed E-state index contributed by atoms with van der Waals surface area (Å²) in [7, 11) is 1.81. The van der Waals surface area contributed by atoms with Gasteiger partial charge in [-0.25, -0.2) is 4.39 Å². The van der Waals surface area contributed by atoms with Gasteiger partial charge in [-0.2, -0.15) is 5.10 Å². The van der Waals surface area contributed by atoms with Gasteiger partial charge in [0.2, 0.25) is 0 Å². The van der Waals surface area contributed by atoms with E-state index in [-0.39, 0.29) is 5.82 Å². The van der Waals surface area contributed by atoms with E-state index in [4.69, 9.17) is 4.74 Å². The Morgan fingerprint density at radius 1 is 1.21 bits per heavy atom. The molecule has 7 heteroatoms. The molecule has 1 aromatic carbocycles. The van der Waals surface area contributed by atoms with Crippen molar-refractivity contribution in [2.75, 3.05) is 56.7 Å². The largest absolute Gasteiger partial charge is 0.378 e. The standard InChI is InChI=1S/C17H22FN5O/c1-11-13-7-15(18)16(8-14(13)17(19-2)21-20-11)23-4-3-22-5-6-24-10-12(22)9-23/h7-8,12H,3-6,9-10H2,1-2H3,(H,19,21). The molecule has 1 aromatic heterocycles. The van der Waals surface area contributed by atoms with Gasteiger partial charge in [-0.15, -0.1) is 5.10 Å². The number of hydrogen-bond donors (Lipinski definition) is 1. The predicted molar refractivity (Wildman–Crippen MR) is 92.2 cm³/mol. The number of anilines is 2. The van der Waals surface area contributed by atoms with Gasteiger partial charge in [0.1, 0.15) is 5.82 Å². The van der Waals surface area contributed by atoms with Gasteiger partial charge >= 0.3 is 0 Å². The Labute approximate surface area is 140 Å². The number of nitrogens with zero attached hydrogens (tertiary/aromatic N) is 4. The number of aryl methyl sites for hydroxylation is 1. The quantitative estimate of drug-likeness (QED) is 0.903. The summed E-state index contributed by atoms with van der Waals surface area (Å²) >= 11 is 0. The number of nitrogens with one attached hydrogen (secondary N) is 1. The maximum atomic E-state index is 14.8. The summed E-state index contributed by atoms with van der Waals surface area (Å²) in [6.07, 6.45) is 0. The van der Waals surface area contributed by atoms with Crippen LogP contribution in [0.25, 0.3) is 10.8 Å². The Morgan fingerprint density at radius 2 is 2.08 bits per heavy atom. The van der Waals surface area contributed by atoms with E-state index in [0.717, 1.165) is 55.9 Å². The van der Waals surface area contributed by atoms with Crippen molar-refractivity contribution in [3.05, 3.63) is 23.6 Å². The number of rotatable bonds is 2. The predicted octanol–water partition coefficient (Wildman–Crippen LogP) is 1.64. The SMILES string of the molecule is CNc1nnc(C)c2cc(F)c(N3CCN4CCOCC4C3)cc12. The van der Waals surface area contributed by atoms with E-state index in [1.807, 2.05) is 13.0 Å². The fraction of sp³-hybridized carbons (Fsp3) is 0.529. The molecule has 0 aliphatic carbocycles. The smallest absolute Gasteiger partial charge is 0.156 e. The van der Waals surface area contributed by atoms with Crippen LogP contribution in [-0.4, -0.2) is 67.6 Å². The van der Waals surface area contributed by atoms with Crippen molar-refractivity contribution in [3.63, 3.8) is 0 Å². The summed E-state index contributed by atoms with van der Waals surface area (Å²) in [4.78, 5) is 4.56. The zero-order chi connectivity index (χ0) is 16.7. The molecular weight excluding hydrogens is 309 g/mol. The molecule has 2 fully saturated rings. The summed E-state index contributed by atoms with van der Waals surface area (Å²) in [6, 6.07) is 3.82. The highest BCUT2D eigenvalue weighted by Gasteiger charge is 2.30. The minimum atomic E-state index is -0.203. The second kappa shape index (κ2) is 6.14. The maximum absolute atomic E-state index is 14.8. The summed E-state index contributed by atoms with van der Waals surface area (Å²) in [5, 5.41) is 13.0. The number of piperazine rings is 1. The van der Waals surface area contributed by atoms with Crippen molar-refractivity contribution >= 4 is 22.3 Å². The Balaban J connectivity index is 1.72. The van der Waals surface area contributed by atoms with Crippen LogP contribution >= 0.6 is 0 Å². The van der Waals surface area contributed by atoms with Crippen molar-refractivity contribution in [1.29, 1.82) is 0 Å². The third-order valence-corrected chi connectivity index (χ3v) is 5.05. The lowest BCUT2D eigenvalue weighted by Gasteiger charge is -2.44. The van der Waals surface area contributed by atoms with Crippen LogP contribution in [0.1, 0.15) is 5.69 Å². The molecule has 0 radical (unpaired) electrons. The van der Waals surface area contributed by atoms with Crippen LogP contribution in [0.5, 0.6) is 0 Å². The lowest BCUT2D eigenvalue weighted by molar-refractivity contribution is -0.0117. The first kappa shape index (κ1) is 15.5. The molecule has 6 nitrogen and oxygen atoms in total.